The first-order valence-corrected chi connectivity index (χ1v) is 9.43. The van der Waals surface area contributed by atoms with Gasteiger partial charge in [0, 0.05) is 12.3 Å². The van der Waals surface area contributed by atoms with Gasteiger partial charge in [0.1, 0.15) is 5.82 Å². The van der Waals surface area contributed by atoms with E-state index in [1.165, 1.54) is 36.7 Å². The minimum Gasteiger partial charge on any atom is -0.489 e. The number of hydrogen-bond donors (Lipinski definition) is 0. The summed E-state index contributed by atoms with van der Waals surface area (Å²) in [5.74, 6) is -3.48. The Kier molecular flexibility index (Phi) is 7.07. The lowest BCUT2D eigenvalue weighted by Gasteiger charge is -2.21. The Hall–Kier alpha value is -3.62. The summed E-state index contributed by atoms with van der Waals surface area (Å²) in [6, 6.07) is 15.3. The molecule has 0 fully saturated rings. The number of pyridine rings is 1. The molecule has 31 heavy (non-hydrogen) atoms. The number of carbonyl (C=O) groups is 2. The summed E-state index contributed by atoms with van der Waals surface area (Å²) < 4.78 is 49.8. The molecule has 2 heterocycles. The van der Waals surface area contributed by atoms with Gasteiger partial charge in [0.25, 0.3) is 0 Å². The second-order valence-electron chi connectivity index (χ2n) is 6.55. The minimum atomic E-state index is -5.17. The highest BCUT2D eigenvalue weighted by Gasteiger charge is 2.44. The number of aryl methyl sites for hydroxylation is 1. The normalized spacial score (nSPS) is 11.2. The van der Waals surface area contributed by atoms with Gasteiger partial charge in [-0.3, -0.25) is 14.5 Å². The third kappa shape index (κ3) is 5.94. The van der Waals surface area contributed by atoms with Crippen LogP contribution in [0.5, 0.6) is 5.75 Å². The highest BCUT2D eigenvalue weighted by molar-refractivity contribution is 6.06. The van der Waals surface area contributed by atoms with Gasteiger partial charge in [-0.25, -0.2) is 4.98 Å². The zero-order valence-electron chi connectivity index (χ0n) is 16.3. The van der Waals surface area contributed by atoms with Crippen molar-refractivity contribution in [1.29, 1.82) is 0 Å². The number of amides is 1. The molecular formula is C22H19F3N2O4. The fourth-order valence-electron chi connectivity index (χ4n) is 2.86. The molecule has 0 unspecified atom stereocenters. The molecule has 0 atom stereocenters. The van der Waals surface area contributed by atoms with Crippen LogP contribution < -0.4 is 9.64 Å². The van der Waals surface area contributed by atoms with Crippen LogP contribution in [0.4, 0.5) is 19.0 Å². The maximum Gasteiger partial charge on any atom is 0.471 e. The summed E-state index contributed by atoms with van der Waals surface area (Å²) in [4.78, 5) is 28.5. The first-order valence-electron chi connectivity index (χ1n) is 9.43. The molecule has 1 amide bonds. The van der Waals surface area contributed by atoms with Crippen molar-refractivity contribution < 1.29 is 31.9 Å². The number of anilines is 1. The van der Waals surface area contributed by atoms with Crippen molar-refractivity contribution in [1.82, 2.24) is 4.98 Å². The van der Waals surface area contributed by atoms with Crippen molar-refractivity contribution in [2.45, 2.75) is 19.0 Å². The van der Waals surface area contributed by atoms with Crippen LogP contribution in [0.1, 0.15) is 22.5 Å². The quantitative estimate of drug-likeness (QED) is 0.369. The van der Waals surface area contributed by atoms with Gasteiger partial charge in [-0.1, -0.05) is 36.4 Å². The molecule has 0 bridgehead atoms. The van der Waals surface area contributed by atoms with E-state index in [4.69, 9.17) is 9.15 Å². The molecule has 0 saturated carbocycles. The molecule has 0 aliphatic rings. The predicted octanol–water partition coefficient (Wildman–Crippen LogP) is 4.46. The number of carbonyl (C=O) groups excluding carboxylic acids is 2. The predicted molar refractivity (Wildman–Crippen MR) is 106 cm³/mol. The van der Waals surface area contributed by atoms with Crippen molar-refractivity contribution in [2.75, 3.05) is 18.1 Å². The molecular weight excluding hydrogens is 413 g/mol. The van der Waals surface area contributed by atoms with Gasteiger partial charge in [-0.15, -0.1) is 0 Å². The van der Waals surface area contributed by atoms with E-state index in [1.807, 2.05) is 30.3 Å². The average Bonchev–Trinajstić information content (AvgIpc) is 3.24. The molecule has 0 aliphatic heterocycles. The summed E-state index contributed by atoms with van der Waals surface area (Å²) in [5.41, 5.74) is 1.13. The van der Waals surface area contributed by atoms with E-state index in [-0.39, 0.29) is 28.8 Å². The van der Waals surface area contributed by atoms with E-state index in [0.717, 1.165) is 12.0 Å². The number of furan rings is 1. The third-order valence-corrected chi connectivity index (χ3v) is 4.31. The Bertz CT molecular complexity index is 1000. The van der Waals surface area contributed by atoms with E-state index < -0.39 is 24.4 Å². The lowest BCUT2D eigenvalue weighted by molar-refractivity contribution is -0.170. The highest BCUT2D eigenvalue weighted by Crippen LogP contribution is 2.25. The number of ketones is 1. The van der Waals surface area contributed by atoms with Crippen LogP contribution >= 0.6 is 0 Å². The zero-order chi connectivity index (χ0) is 22.3. The monoisotopic (exact) mass is 432 g/mol. The Morgan fingerprint density at radius 2 is 1.77 bits per heavy atom. The molecule has 3 rings (SSSR count). The number of ether oxygens (including phenoxy) is 1. The largest absolute Gasteiger partial charge is 0.489 e. The standard InChI is InChI=1S/C22H19F3N2O4/c23-22(24,25)21(29)27(19-10-4-5-12-26-19)15-17(28)20-18(11-14-31-20)30-13-6-9-16-7-2-1-3-8-16/h1-5,7-8,10-12,14H,6,9,13,15H2. The lowest BCUT2D eigenvalue weighted by Crippen LogP contribution is -2.44. The second-order valence-corrected chi connectivity index (χ2v) is 6.55. The van der Waals surface area contributed by atoms with Crippen molar-refractivity contribution in [2.24, 2.45) is 0 Å². The first-order chi connectivity index (χ1) is 14.9. The van der Waals surface area contributed by atoms with Crippen molar-refractivity contribution in [3.05, 3.63) is 78.4 Å². The average molecular weight is 432 g/mol. The molecule has 9 heteroatoms. The molecule has 0 spiro atoms. The van der Waals surface area contributed by atoms with Crippen LogP contribution in [0.2, 0.25) is 0 Å². The van der Waals surface area contributed by atoms with Crippen molar-refractivity contribution in [3.8, 4) is 5.75 Å². The van der Waals surface area contributed by atoms with Gasteiger partial charge >= 0.3 is 12.1 Å². The van der Waals surface area contributed by atoms with Gasteiger partial charge in [-0.05, 0) is 30.5 Å². The van der Waals surface area contributed by atoms with E-state index in [0.29, 0.717) is 6.42 Å². The molecule has 6 nitrogen and oxygen atoms in total. The van der Waals surface area contributed by atoms with Crippen LogP contribution in [0, 0.1) is 0 Å². The lowest BCUT2D eigenvalue weighted by atomic mass is 10.1. The number of benzene rings is 1. The molecule has 1 aromatic carbocycles. The number of halogens is 3. The number of rotatable bonds is 9. The second kappa shape index (κ2) is 9.92. The Morgan fingerprint density at radius 3 is 2.45 bits per heavy atom. The van der Waals surface area contributed by atoms with Gasteiger partial charge in [0.15, 0.2) is 5.75 Å². The number of aromatic nitrogens is 1. The topological polar surface area (TPSA) is 72.6 Å². The van der Waals surface area contributed by atoms with Gasteiger partial charge in [0.05, 0.1) is 19.4 Å². The number of hydrogen-bond acceptors (Lipinski definition) is 5. The molecule has 162 valence electrons. The fraction of sp³-hybridized carbons (Fsp3) is 0.227. The fourth-order valence-corrected chi connectivity index (χ4v) is 2.86. The molecule has 0 saturated heterocycles. The highest BCUT2D eigenvalue weighted by atomic mass is 19.4. The van der Waals surface area contributed by atoms with Crippen LogP contribution in [-0.4, -0.2) is 36.0 Å². The molecule has 3 aromatic rings. The van der Waals surface area contributed by atoms with Crippen LogP contribution in [0.3, 0.4) is 0 Å². The Balaban J connectivity index is 1.66. The molecule has 0 N–H and O–H groups in total. The van der Waals surface area contributed by atoms with E-state index in [1.54, 1.807) is 0 Å². The van der Waals surface area contributed by atoms with Crippen LogP contribution in [0.15, 0.2) is 71.5 Å². The third-order valence-electron chi connectivity index (χ3n) is 4.31. The van der Waals surface area contributed by atoms with Gasteiger partial charge in [0.2, 0.25) is 11.5 Å². The summed E-state index contributed by atoms with van der Waals surface area (Å²) in [7, 11) is 0. The van der Waals surface area contributed by atoms with E-state index >= 15 is 0 Å². The maximum atomic E-state index is 13.0. The van der Waals surface area contributed by atoms with Crippen molar-refractivity contribution >= 4 is 17.5 Å². The van der Waals surface area contributed by atoms with Crippen molar-refractivity contribution in [3.63, 3.8) is 0 Å². The zero-order valence-corrected chi connectivity index (χ0v) is 16.3. The summed E-state index contributed by atoms with van der Waals surface area (Å²) in [5, 5.41) is 0. The first kappa shape index (κ1) is 22.1. The molecule has 2 aromatic heterocycles. The number of Topliss-reactive ketones (excluding diaryl/α,β-unsaturated/α-hetero) is 1. The van der Waals surface area contributed by atoms with E-state index in [9.17, 15) is 22.8 Å². The SMILES string of the molecule is O=C(CN(C(=O)C(F)(F)F)c1ccccn1)c1occc1OCCCc1ccccc1. The van der Waals surface area contributed by atoms with Gasteiger partial charge < -0.3 is 9.15 Å². The molecule has 0 aliphatic carbocycles. The van der Waals surface area contributed by atoms with Crippen LogP contribution in [0.25, 0.3) is 0 Å². The molecule has 0 radical (unpaired) electrons. The number of nitrogens with zero attached hydrogens (tertiary/aromatic N) is 2. The minimum absolute atomic E-state index is 0.110. The number of alkyl halides is 3. The summed E-state index contributed by atoms with van der Waals surface area (Å²) in [6.07, 6.45) is -1.32. The maximum absolute atomic E-state index is 13.0. The Morgan fingerprint density at radius 1 is 1.03 bits per heavy atom. The summed E-state index contributed by atoms with van der Waals surface area (Å²) >= 11 is 0. The Labute approximate surface area is 176 Å². The smallest absolute Gasteiger partial charge is 0.471 e. The van der Waals surface area contributed by atoms with Crippen LogP contribution in [-0.2, 0) is 11.2 Å². The van der Waals surface area contributed by atoms with E-state index in [2.05, 4.69) is 4.98 Å². The summed E-state index contributed by atoms with van der Waals surface area (Å²) in [6.45, 7) is -0.622. The van der Waals surface area contributed by atoms with Gasteiger partial charge in [-0.2, -0.15) is 13.2 Å².